The number of hydrazine groups is 1. The van der Waals surface area contributed by atoms with E-state index in [1.807, 2.05) is 6.07 Å². The lowest BCUT2D eigenvalue weighted by Crippen LogP contribution is -2.36. The van der Waals surface area contributed by atoms with Gasteiger partial charge in [-0.15, -0.1) is 0 Å². The molecule has 1 aromatic heterocycles. The molecule has 6 heteroatoms. The number of amides is 1. The molecule has 0 radical (unpaired) electrons. The van der Waals surface area contributed by atoms with Gasteiger partial charge in [-0.25, -0.2) is 10.9 Å². The summed E-state index contributed by atoms with van der Waals surface area (Å²) in [5.74, 6) is 5.03. The number of nitrogens with zero attached hydrogens (tertiary/aromatic N) is 2. The first-order valence-electron chi connectivity index (χ1n) is 4.21. The molecule has 1 aromatic rings. The Bertz CT molecular complexity index is 443. The molecular weight excluding hydrogens is 212 g/mol. The van der Waals surface area contributed by atoms with Crippen molar-refractivity contribution in [2.24, 2.45) is 5.84 Å². The molecule has 76 valence electrons. The third-order valence-corrected chi connectivity index (χ3v) is 2.19. The van der Waals surface area contributed by atoms with E-state index in [-0.39, 0.29) is 11.0 Å². The van der Waals surface area contributed by atoms with Gasteiger partial charge in [-0.1, -0.05) is 6.07 Å². The van der Waals surface area contributed by atoms with Crippen LogP contribution in [0.25, 0.3) is 6.08 Å². The number of hydrogen-bond donors (Lipinski definition) is 2. The van der Waals surface area contributed by atoms with Crippen LogP contribution in [-0.4, -0.2) is 21.0 Å². The van der Waals surface area contributed by atoms with Crippen LogP contribution in [-0.2, 0) is 4.79 Å². The molecule has 2 rings (SSSR count). The van der Waals surface area contributed by atoms with Gasteiger partial charge in [0.1, 0.15) is 5.70 Å². The molecule has 5 nitrogen and oxygen atoms in total. The standard InChI is InChI=1S/C9H8N4OS/c10-13-8(14)7(12-9(13)15)5-6-3-1-2-4-11-6/h1-5H,10H2,(H,12,15). The zero-order valence-corrected chi connectivity index (χ0v) is 8.49. The van der Waals surface area contributed by atoms with Crippen molar-refractivity contribution < 1.29 is 4.79 Å². The molecule has 0 saturated carbocycles. The van der Waals surface area contributed by atoms with Crippen LogP contribution >= 0.6 is 12.2 Å². The van der Waals surface area contributed by atoms with E-state index >= 15 is 0 Å². The normalized spacial score (nSPS) is 18.5. The number of aromatic nitrogens is 1. The minimum absolute atomic E-state index is 0.196. The van der Waals surface area contributed by atoms with E-state index in [1.165, 1.54) is 0 Å². The summed E-state index contributed by atoms with van der Waals surface area (Å²) < 4.78 is 0. The topological polar surface area (TPSA) is 71.2 Å². The zero-order valence-electron chi connectivity index (χ0n) is 7.68. The van der Waals surface area contributed by atoms with Gasteiger partial charge in [0.2, 0.25) is 0 Å². The number of rotatable bonds is 1. The second-order valence-electron chi connectivity index (χ2n) is 2.92. The molecule has 0 spiro atoms. The van der Waals surface area contributed by atoms with Crippen LogP contribution in [0, 0.1) is 0 Å². The Morgan fingerprint density at radius 2 is 2.33 bits per heavy atom. The summed E-state index contributed by atoms with van der Waals surface area (Å²) in [5, 5.41) is 3.80. The summed E-state index contributed by atoms with van der Waals surface area (Å²) in [6.45, 7) is 0. The molecule has 0 bridgehead atoms. The Morgan fingerprint density at radius 1 is 1.53 bits per heavy atom. The van der Waals surface area contributed by atoms with Crippen molar-refractivity contribution in [2.45, 2.75) is 0 Å². The lowest BCUT2D eigenvalue weighted by atomic mass is 10.3. The van der Waals surface area contributed by atoms with Crippen molar-refractivity contribution in [2.75, 3.05) is 0 Å². The maximum Gasteiger partial charge on any atom is 0.290 e. The summed E-state index contributed by atoms with van der Waals surface area (Å²) >= 11 is 4.82. The lowest BCUT2D eigenvalue weighted by molar-refractivity contribution is -0.122. The number of pyridine rings is 1. The van der Waals surface area contributed by atoms with Crippen LogP contribution < -0.4 is 11.2 Å². The third-order valence-electron chi connectivity index (χ3n) is 1.89. The second-order valence-corrected chi connectivity index (χ2v) is 3.30. The Kier molecular flexibility index (Phi) is 2.44. The molecule has 1 aliphatic heterocycles. The van der Waals surface area contributed by atoms with Crippen molar-refractivity contribution >= 4 is 29.3 Å². The summed E-state index contributed by atoms with van der Waals surface area (Å²) in [7, 11) is 0. The largest absolute Gasteiger partial charge is 0.326 e. The van der Waals surface area contributed by atoms with Crippen LogP contribution in [0.4, 0.5) is 0 Å². The Balaban J connectivity index is 2.30. The molecule has 0 atom stereocenters. The van der Waals surface area contributed by atoms with E-state index in [2.05, 4.69) is 10.3 Å². The quantitative estimate of drug-likeness (QED) is 0.302. The highest BCUT2D eigenvalue weighted by molar-refractivity contribution is 7.80. The van der Waals surface area contributed by atoms with E-state index in [0.29, 0.717) is 11.4 Å². The number of nitrogens with one attached hydrogen (secondary N) is 1. The molecular formula is C9H8N4OS. The highest BCUT2D eigenvalue weighted by Crippen LogP contribution is 2.09. The van der Waals surface area contributed by atoms with Crippen LogP contribution in [0.5, 0.6) is 0 Å². The Hall–Kier alpha value is -1.79. The van der Waals surface area contributed by atoms with Gasteiger partial charge < -0.3 is 5.32 Å². The highest BCUT2D eigenvalue weighted by atomic mass is 32.1. The first-order valence-corrected chi connectivity index (χ1v) is 4.62. The molecule has 15 heavy (non-hydrogen) atoms. The fourth-order valence-electron chi connectivity index (χ4n) is 1.16. The molecule has 1 amide bonds. The summed E-state index contributed by atoms with van der Waals surface area (Å²) in [4.78, 5) is 15.5. The number of carbonyl (C=O) groups is 1. The predicted octanol–water partition coefficient (Wildman–Crippen LogP) is 0.0129. The average Bonchev–Trinajstić information content (AvgIpc) is 2.48. The van der Waals surface area contributed by atoms with E-state index in [4.69, 9.17) is 18.1 Å². The molecule has 0 aromatic carbocycles. The Morgan fingerprint density at radius 3 is 2.87 bits per heavy atom. The van der Waals surface area contributed by atoms with Gasteiger partial charge in [-0.05, 0) is 30.4 Å². The van der Waals surface area contributed by atoms with Crippen LogP contribution in [0.15, 0.2) is 30.1 Å². The molecule has 0 unspecified atom stereocenters. The van der Waals surface area contributed by atoms with Gasteiger partial charge in [0.05, 0.1) is 5.69 Å². The number of nitrogens with two attached hydrogens (primary N) is 1. The maximum absolute atomic E-state index is 11.5. The van der Waals surface area contributed by atoms with E-state index in [0.717, 1.165) is 5.01 Å². The minimum Gasteiger partial charge on any atom is -0.326 e. The maximum atomic E-state index is 11.5. The van der Waals surface area contributed by atoms with Crippen molar-refractivity contribution in [3.8, 4) is 0 Å². The van der Waals surface area contributed by atoms with Crippen LogP contribution in [0.2, 0.25) is 0 Å². The van der Waals surface area contributed by atoms with Crippen molar-refractivity contribution in [1.29, 1.82) is 0 Å². The molecule has 1 fully saturated rings. The fraction of sp³-hybridized carbons (Fsp3) is 0. The van der Waals surface area contributed by atoms with Crippen molar-refractivity contribution in [1.82, 2.24) is 15.3 Å². The van der Waals surface area contributed by atoms with Gasteiger partial charge in [0.15, 0.2) is 5.11 Å². The number of hydrogen-bond acceptors (Lipinski definition) is 4. The predicted molar refractivity (Wildman–Crippen MR) is 59.0 cm³/mol. The minimum atomic E-state index is -0.356. The molecule has 0 aliphatic carbocycles. The third kappa shape index (κ3) is 1.85. The average molecular weight is 220 g/mol. The zero-order chi connectivity index (χ0) is 10.8. The monoisotopic (exact) mass is 220 g/mol. The van der Waals surface area contributed by atoms with Gasteiger partial charge in [0, 0.05) is 6.20 Å². The molecule has 2 heterocycles. The first-order chi connectivity index (χ1) is 7.18. The van der Waals surface area contributed by atoms with Crippen molar-refractivity contribution in [3.05, 3.63) is 35.8 Å². The fourth-order valence-corrected chi connectivity index (χ4v) is 1.35. The van der Waals surface area contributed by atoms with Crippen molar-refractivity contribution in [3.63, 3.8) is 0 Å². The van der Waals surface area contributed by atoms with Gasteiger partial charge in [0.25, 0.3) is 5.91 Å². The van der Waals surface area contributed by atoms with E-state index < -0.39 is 0 Å². The smallest absolute Gasteiger partial charge is 0.290 e. The second kappa shape index (κ2) is 3.76. The highest BCUT2D eigenvalue weighted by Gasteiger charge is 2.27. The van der Waals surface area contributed by atoms with Gasteiger partial charge in [-0.2, -0.15) is 0 Å². The van der Waals surface area contributed by atoms with E-state index in [1.54, 1.807) is 24.4 Å². The summed E-state index contributed by atoms with van der Waals surface area (Å²) in [6.07, 6.45) is 3.24. The summed E-state index contributed by atoms with van der Waals surface area (Å²) in [5.41, 5.74) is 1.01. The molecule has 1 aliphatic rings. The van der Waals surface area contributed by atoms with Gasteiger partial charge in [-0.3, -0.25) is 9.78 Å². The summed E-state index contributed by atoms with van der Waals surface area (Å²) in [6, 6.07) is 5.41. The molecule has 1 saturated heterocycles. The first kappa shape index (κ1) is 9.75. The van der Waals surface area contributed by atoms with E-state index in [9.17, 15) is 4.79 Å². The van der Waals surface area contributed by atoms with Crippen LogP contribution in [0.1, 0.15) is 5.69 Å². The Labute approximate surface area is 91.6 Å². The van der Waals surface area contributed by atoms with Crippen LogP contribution in [0.3, 0.4) is 0 Å². The SMILES string of the molecule is NN1C(=O)C(=Cc2ccccn2)NC1=S. The number of carbonyl (C=O) groups excluding carboxylic acids is 1. The lowest BCUT2D eigenvalue weighted by Gasteiger charge is -2.02. The number of thiocarbonyl (C=S) groups is 1. The van der Waals surface area contributed by atoms with Gasteiger partial charge >= 0.3 is 0 Å². The molecule has 3 N–H and O–H groups in total.